The lowest BCUT2D eigenvalue weighted by Gasteiger charge is -2.14. The Morgan fingerprint density at radius 1 is 1.13 bits per heavy atom. The number of rotatable bonds is 3. The fourth-order valence-electron chi connectivity index (χ4n) is 2.30. The number of nitrogens with one attached hydrogen (secondary N) is 2. The maximum Gasteiger partial charge on any atom is 0.573 e. The van der Waals surface area contributed by atoms with E-state index in [4.69, 9.17) is 11.6 Å². The highest BCUT2D eigenvalue weighted by Gasteiger charge is 2.32. The molecule has 0 radical (unpaired) electrons. The van der Waals surface area contributed by atoms with Crippen molar-refractivity contribution >= 4 is 28.9 Å². The Balaban J connectivity index is 1.78. The molecule has 0 aliphatic carbocycles. The number of alkyl halides is 3. The molecule has 120 valence electrons. The summed E-state index contributed by atoms with van der Waals surface area (Å²) < 4.78 is 40.2. The third-order valence-corrected chi connectivity index (χ3v) is 3.48. The van der Waals surface area contributed by atoms with Crippen molar-refractivity contribution < 1.29 is 22.7 Å². The van der Waals surface area contributed by atoms with Gasteiger partial charge in [-0.25, -0.2) is 0 Å². The van der Waals surface area contributed by atoms with E-state index in [1.165, 1.54) is 24.3 Å². The molecule has 0 fully saturated rings. The van der Waals surface area contributed by atoms with Gasteiger partial charge >= 0.3 is 6.36 Å². The summed E-state index contributed by atoms with van der Waals surface area (Å²) in [6.07, 6.45) is -4.74. The van der Waals surface area contributed by atoms with Crippen LogP contribution in [0.25, 0.3) is 0 Å². The van der Waals surface area contributed by atoms with E-state index in [0.717, 1.165) is 0 Å². The van der Waals surface area contributed by atoms with Crippen LogP contribution < -0.4 is 15.4 Å². The van der Waals surface area contributed by atoms with Crippen molar-refractivity contribution in [1.29, 1.82) is 0 Å². The highest BCUT2D eigenvalue weighted by Crippen LogP contribution is 2.35. The van der Waals surface area contributed by atoms with Crippen LogP contribution in [0.15, 0.2) is 42.5 Å². The highest BCUT2D eigenvalue weighted by molar-refractivity contribution is 6.31. The lowest BCUT2D eigenvalue weighted by atomic mass is 10.1. The lowest BCUT2D eigenvalue weighted by molar-refractivity contribution is -0.274. The van der Waals surface area contributed by atoms with Gasteiger partial charge < -0.3 is 15.4 Å². The summed E-state index contributed by atoms with van der Waals surface area (Å²) in [4.78, 5) is 12.0. The number of benzene rings is 2. The molecule has 2 aromatic rings. The van der Waals surface area contributed by atoms with E-state index < -0.39 is 12.4 Å². The van der Waals surface area contributed by atoms with Crippen molar-refractivity contribution in [3.8, 4) is 5.75 Å². The minimum absolute atomic E-state index is 0.266. The molecule has 2 N–H and O–H groups in total. The van der Waals surface area contributed by atoms with E-state index in [-0.39, 0.29) is 11.7 Å². The van der Waals surface area contributed by atoms with Gasteiger partial charge in [-0.3, -0.25) is 4.79 Å². The number of amides is 1. The van der Waals surface area contributed by atoms with Gasteiger partial charge in [0.05, 0.1) is 0 Å². The van der Waals surface area contributed by atoms with Crippen LogP contribution in [-0.4, -0.2) is 12.3 Å². The quantitative estimate of drug-likeness (QED) is 0.872. The topological polar surface area (TPSA) is 50.4 Å². The Labute approximate surface area is 134 Å². The molecule has 0 bridgehead atoms. The van der Waals surface area contributed by atoms with Crippen LogP contribution in [0.2, 0.25) is 5.02 Å². The molecular weight excluding hydrogens is 333 g/mol. The van der Waals surface area contributed by atoms with E-state index in [9.17, 15) is 18.0 Å². The first kappa shape index (κ1) is 15.5. The van der Waals surface area contributed by atoms with Crippen LogP contribution in [0.3, 0.4) is 0 Å². The number of halogens is 4. The van der Waals surface area contributed by atoms with E-state index >= 15 is 0 Å². The summed E-state index contributed by atoms with van der Waals surface area (Å²) in [5.74, 6) is -0.597. The monoisotopic (exact) mass is 342 g/mol. The van der Waals surface area contributed by atoms with Crippen molar-refractivity contribution in [2.24, 2.45) is 0 Å². The molecule has 0 spiro atoms. The minimum Gasteiger partial charge on any atom is -0.406 e. The Morgan fingerprint density at radius 2 is 1.83 bits per heavy atom. The average Bonchev–Trinajstić information content (AvgIpc) is 2.75. The van der Waals surface area contributed by atoms with Crippen molar-refractivity contribution in [2.45, 2.75) is 12.4 Å². The van der Waals surface area contributed by atoms with E-state index in [0.29, 0.717) is 22.0 Å². The SMILES string of the molecule is O=C1Nc2ccc(Cl)cc2C1Nc1ccc(OC(F)(F)F)cc1. The normalized spacial score (nSPS) is 16.7. The zero-order valence-electron chi connectivity index (χ0n) is 11.4. The molecule has 1 aliphatic heterocycles. The van der Waals surface area contributed by atoms with Gasteiger partial charge in [0, 0.05) is 22.0 Å². The van der Waals surface area contributed by atoms with Gasteiger partial charge in [0.2, 0.25) is 0 Å². The Morgan fingerprint density at radius 3 is 2.48 bits per heavy atom. The molecule has 1 aliphatic rings. The first-order chi connectivity index (χ1) is 10.8. The molecule has 1 unspecified atom stereocenters. The van der Waals surface area contributed by atoms with Gasteiger partial charge in [0.25, 0.3) is 5.91 Å². The summed E-state index contributed by atoms with van der Waals surface area (Å²) in [5.41, 5.74) is 1.81. The molecule has 0 saturated carbocycles. The van der Waals surface area contributed by atoms with Gasteiger partial charge in [-0.1, -0.05) is 11.6 Å². The van der Waals surface area contributed by atoms with E-state index in [2.05, 4.69) is 15.4 Å². The summed E-state index contributed by atoms with van der Waals surface area (Å²) in [7, 11) is 0. The predicted molar refractivity (Wildman–Crippen MR) is 79.6 cm³/mol. The molecular formula is C15H10ClF3N2O2. The zero-order chi connectivity index (χ0) is 16.6. The fourth-order valence-corrected chi connectivity index (χ4v) is 2.48. The second-order valence-electron chi connectivity index (χ2n) is 4.87. The Kier molecular flexibility index (Phi) is 3.81. The van der Waals surface area contributed by atoms with Crippen LogP contribution in [0.4, 0.5) is 24.5 Å². The predicted octanol–water partition coefficient (Wildman–Crippen LogP) is 4.34. The van der Waals surface area contributed by atoms with Gasteiger partial charge in [0.15, 0.2) is 0 Å². The number of carbonyl (C=O) groups excluding carboxylic acids is 1. The molecule has 1 heterocycles. The zero-order valence-corrected chi connectivity index (χ0v) is 12.2. The molecule has 2 aromatic carbocycles. The van der Waals surface area contributed by atoms with Crippen LogP contribution in [-0.2, 0) is 4.79 Å². The van der Waals surface area contributed by atoms with Crippen LogP contribution in [0, 0.1) is 0 Å². The molecule has 3 rings (SSSR count). The summed E-state index contributed by atoms with van der Waals surface area (Å²) >= 11 is 5.93. The van der Waals surface area contributed by atoms with Crippen molar-refractivity contribution in [3.63, 3.8) is 0 Å². The third-order valence-electron chi connectivity index (χ3n) is 3.24. The number of carbonyl (C=O) groups is 1. The van der Waals surface area contributed by atoms with Crippen molar-refractivity contribution in [3.05, 3.63) is 53.1 Å². The number of ether oxygens (including phenoxy) is 1. The fraction of sp³-hybridized carbons (Fsp3) is 0.133. The van der Waals surface area contributed by atoms with E-state index in [1.54, 1.807) is 18.2 Å². The Hall–Kier alpha value is -2.41. The summed E-state index contributed by atoms with van der Waals surface area (Å²) in [6.45, 7) is 0. The number of hydrogen-bond acceptors (Lipinski definition) is 3. The first-order valence-corrected chi connectivity index (χ1v) is 6.92. The molecule has 23 heavy (non-hydrogen) atoms. The number of hydrogen-bond donors (Lipinski definition) is 2. The Bertz CT molecular complexity index is 747. The van der Waals surface area contributed by atoms with Crippen molar-refractivity contribution in [2.75, 3.05) is 10.6 Å². The smallest absolute Gasteiger partial charge is 0.406 e. The largest absolute Gasteiger partial charge is 0.573 e. The summed E-state index contributed by atoms with van der Waals surface area (Å²) in [6, 6.07) is 9.48. The average molecular weight is 343 g/mol. The standard InChI is InChI=1S/C15H10ClF3N2O2/c16-8-1-6-12-11(7-8)13(14(22)21-12)20-9-2-4-10(5-3-9)23-15(17,18)19/h1-7,13,20H,(H,21,22). The highest BCUT2D eigenvalue weighted by atomic mass is 35.5. The van der Waals surface area contributed by atoms with Gasteiger partial charge in [0.1, 0.15) is 11.8 Å². The first-order valence-electron chi connectivity index (χ1n) is 6.54. The second kappa shape index (κ2) is 5.66. The second-order valence-corrected chi connectivity index (χ2v) is 5.31. The molecule has 0 aromatic heterocycles. The van der Waals surface area contributed by atoms with E-state index in [1.807, 2.05) is 0 Å². The molecule has 1 atom stereocenters. The number of fused-ring (bicyclic) bond motifs is 1. The van der Waals surface area contributed by atoms with Gasteiger partial charge in [-0.05, 0) is 42.5 Å². The van der Waals surface area contributed by atoms with Crippen molar-refractivity contribution in [1.82, 2.24) is 0 Å². The van der Waals surface area contributed by atoms with Crippen LogP contribution in [0.5, 0.6) is 5.75 Å². The van der Waals surface area contributed by atoms with Crippen LogP contribution >= 0.6 is 11.6 Å². The third kappa shape index (κ3) is 3.50. The molecule has 1 amide bonds. The minimum atomic E-state index is -4.74. The van der Waals surface area contributed by atoms with Crippen LogP contribution in [0.1, 0.15) is 11.6 Å². The molecule has 4 nitrogen and oxygen atoms in total. The van der Waals surface area contributed by atoms with Gasteiger partial charge in [-0.2, -0.15) is 0 Å². The summed E-state index contributed by atoms with van der Waals surface area (Å²) in [5, 5.41) is 6.15. The number of anilines is 2. The lowest BCUT2D eigenvalue weighted by Crippen LogP contribution is -2.20. The maximum atomic E-state index is 12.1. The molecule has 8 heteroatoms. The maximum absolute atomic E-state index is 12.1. The molecule has 0 saturated heterocycles. The van der Waals surface area contributed by atoms with Gasteiger partial charge in [-0.15, -0.1) is 13.2 Å².